The molecule has 0 atom stereocenters. The molecule has 0 aliphatic carbocycles. The van der Waals surface area contributed by atoms with E-state index in [1.165, 1.54) is 11.3 Å². The van der Waals surface area contributed by atoms with Gasteiger partial charge in [0.05, 0.1) is 5.69 Å². The van der Waals surface area contributed by atoms with Crippen LogP contribution in [0.2, 0.25) is 0 Å². The molecule has 1 fully saturated rings. The van der Waals surface area contributed by atoms with Gasteiger partial charge in [0.2, 0.25) is 5.91 Å². The average Bonchev–Trinajstić information content (AvgIpc) is 3.25. The molecule has 33 heavy (non-hydrogen) atoms. The van der Waals surface area contributed by atoms with Crippen LogP contribution in [0.4, 0.5) is 16.6 Å². The Kier molecular flexibility index (Phi) is 5.87. The van der Waals surface area contributed by atoms with E-state index in [1.54, 1.807) is 12.4 Å². The van der Waals surface area contributed by atoms with Crippen molar-refractivity contribution >= 4 is 44.2 Å². The van der Waals surface area contributed by atoms with Crippen molar-refractivity contribution in [1.82, 2.24) is 24.8 Å². The van der Waals surface area contributed by atoms with Crippen LogP contribution in [0.1, 0.15) is 19.0 Å². The van der Waals surface area contributed by atoms with E-state index in [0.717, 1.165) is 70.1 Å². The number of aryl methyl sites for hydroxylation is 1. The van der Waals surface area contributed by atoms with Crippen molar-refractivity contribution in [2.45, 2.75) is 20.3 Å². The van der Waals surface area contributed by atoms with E-state index in [0.29, 0.717) is 6.42 Å². The molecular weight excluding hydrogens is 434 g/mol. The van der Waals surface area contributed by atoms with Crippen LogP contribution in [0.5, 0.6) is 0 Å². The number of nitrogens with zero attached hydrogens (tertiary/aromatic N) is 6. The van der Waals surface area contributed by atoms with Gasteiger partial charge in [0, 0.05) is 68.0 Å². The fourth-order valence-electron chi connectivity index (χ4n) is 3.97. The predicted octanol–water partition coefficient (Wildman–Crippen LogP) is 4.26. The molecule has 0 aromatic carbocycles. The number of aromatic nitrogens is 4. The second kappa shape index (κ2) is 9.11. The van der Waals surface area contributed by atoms with Crippen LogP contribution in [0.15, 0.2) is 48.8 Å². The first-order valence-corrected chi connectivity index (χ1v) is 11.9. The molecule has 0 saturated carbocycles. The van der Waals surface area contributed by atoms with Crippen LogP contribution in [-0.4, -0.2) is 56.9 Å². The lowest BCUT2D eigenvalue weighted by molar-refractivity contribution is -0.131. The zero-order valence-electron chi connectivity index (χ0n) is 18.7. The number of rotatable bonds is 5. The van der Waals surface area contributed by atoms with Crippen LogP contribution >= 0.6 is 11.3 Å². The number of carbonyl (C=O) groups excluding carboxylic acids is 1. The Morgan fingerprint density at radius 2 is 1.85 bits per heavy atom. The molecule has 4 aromatic rings. The number of amides is 1. The van der Waals surface area contributed by atoms with Crippen molar-refractivity contribution in [3.8, 4) is 11.3 Å². The molecule has 1 saturated heterocycles. The third-order valence-corrected chi connectivity index (χ3v) is 6.61. The summed E-state index contributed by atoms with van der Waals surface area (Å²) in [6, 6.07) is 12.0. The van der Waals surface area contributed by atoms with Gasteiger partial charge in [0.25, 0.3) is 0 Å². The fraction of sp³-hybridized carbons (Fsp3) is 0.292. The summed E-state index contributed by atoms with van der Waals surface area (Å²) in [5, 5.41) is 4.09. The molecule has 5 heterocycles. The van der Waals surface area contributed by atoms with Crippen molar-refractivity contribution in [3.63, 3.8) is 0 Å². The minimum atomic E-state index is 0.221. The second-order valence-electron chi connectivity index (χ2n) is 7.97. The van der Waals surface area contributed by atoms with Gasteiger partial charge in [0.15, 0.2) is 5.13 Å². The minimum Gasteiger partial charge on any atom is -0.368 e. The summed E-state index contributed by atoms with van der Waals surface area (Å²) in [5.74, 6) is 0.960. The third kappa shape index (κ3) is 4.63. The Bertz CT molecular complexity index is 1300. The SMILES string of the molecule is CCC(=O)N1CCN(c2ccnc(Nc3nc4ccc(-c5ccnc(C)c5)nc4s3)c2)CC1. The molecule has 9 heteroatoms. The number of piperazine rings is 1. The average molecular weight is 460 g/mol. The Labute approximate surface area is 196 Å². The lowest BCUT2D eigenvalue weighted by Crippen LogP contribution is -2.48. The molecule has 5 rings (SSSR count). The first-order valence-electron chi connectivity index (χ1n) is 11.1. The highest BCUT2D eigenvalue weighted by atomic mass is 32.1. The summed E-state index contributed by atoms with van der Waals surface area (Å²) in [7, 11) is 0. The Morgan fingerprint density at radius 3 is 2.64 bits per heavy atom. The quantitative estimate of drug-likeness (QED) is 0.477. The predicted molar refractivity (Wildman–Crippen MR) is 132 cm³/mol. The molecule has 1 aliphatic rings. The molecule has 1 aliphatic heterocycles. The minimum absolute atomic E-state index is 0.221. The summed E-state index contributed by atoms with van der Waals surface area (Å²) in [5.41, 5.74) is 4.85. The van der Waals surface area contributed by atoms with Gasteiger partial charge in [-0.15, -0.1) is 0 Å². The number of thiazole rings is 1. The van der Waals surface area contributed by atoms with Crippen LogP contribution in [0.3, 0.4) is 0 Å². The normalized spacial score (nSPS) is 14.0. The molecule has 4 aromatic heterocycles. The van der Waals surface area contributed by atoms with Crippen LogP contribution in [0, 0.1) is 6.92 Å². The van der Waals surface area contributed by atoms with Gasteiger partial charge >= 0.3 is 0 Å². The van der Waals surface area contributed by atoms with Gasteiger partial charge in [-0.25, -0.2) is 15.0 Å². The summed E-state index contributed by atoms with van der Waals surface area (Å²) >= 11 is 1.51. The summed E-state index contributed by atoms with van der Waals surface area (Å²) in [4.78, 5) is 35.2. The summed E-state index contributed by atoms with van der Waals surface area (Å²) in [6.07, 6.45) is 4.16. The van der Waals surface area contributed by atoms with E-state index in [4.69, 9.17) is 4.98 Å². The zero-order valence-corrected chi connectivity index (χ0v) is 19.5. The second-order valence-corrected chi connectivity index (χ2v) is 8.95. The van der Waals surface area contributed by atoms with Crippen molar-refractivity contribution in [2.24, 2.45) is 0 Å². The van der Waals surface area contributed by atoms with E-state index >= 15 is 0 Å². The number of pyridine rings is 3. The molecule has 0 unspecified atom stereocenters. The molecule has 0 bridgehead atoms. The van der Waals surface area contributed by atoms with E-state index in [1.807, 2.05) is 55.1 Å². The van der Waals surface area contributed by atoms with Gasteiger partial charge in [0.1, 0.15) is 16.2 Å². The maximum absolute atomic E-state index is 11.9. The first-order chi connectivity index (χ1) is 16.1. The van der Waals surface area contributed by atoms with Gasteiger partial charge in [-0.3, -0.25) is 9.78 Å². The van der Waals surface area contributed by atoms with Gasteiger partial charge < -0.3 is 15.1 Å². The summed E-state index contributed by atoms with van der Waals surface area (Å²) in [6.45, 7) is 7.02. The number of hydrogen-bond donors (Lipinski definition) is 1. The highest BCUT2D eigenvalue weighted by molar-refractivity contribution is 7.21. The lowest BCUT2D eigenvalue weighted by Gasteiger charge is -2.36. The van der Waals surface area contributed by atoms with E-state index < -0.39 is 0 Å². The van der Waals surface area contributed by atoms with Gasteiger partial charge in [-0.1, -0.05) is 18.3 Å². The van der Waals surface area contributed by atoms with E-state index in [2.05, 4.69) is 25.2 Å². The number of nitrogens with one attached hydrogen (secondary N) is 1. The van der Waals surface area contributed by atoms with Crippen LogP contribution in [0.25, 0.3) is 21.6 Å². The maximum atomic E-state index is 11.9. The zero-order chi connectivity index (χ0) is 22.8. The van der Waals surface area contributed by atoms with Gasteiger partial charge in [-0.05, 0) is 37.3 Å². The molecule has 0 spiro atoms. The molecule has 0 radical (unpaired) electrons. The molecule has 1 amide bonds. The monoisotopic (exact) mass is 459 g/mol. The first kappa shape index (κ1) is 21.3. The number of carbonyl (C=O) groups is 1. The topological polar surface area (TPSA) is 87.1 Å². The molecule has 1 N–H and O–H groups in total. The molecule has 168 valence electrons. The molecule has 8 nitrogen and oxygen atoms in total. The standard InChI is InChI=1S/C24H25N7OS/c1-3-22(32)31-12-10-30(11-13-31)18-7-9-26-21(15-18)29-24-28-20-5-4-19(27-23(20)33-24)17-6-8-25-16(2)14-17/h4-9,14-15H,3,10-13H2,1-2H3,(H,26,28,29). The molecular formula is C24H25N7OS. The fourth-order valence-corrected chi connectivity index (χ4v) is 4.81. The van der Waals surface area contributed by atoms with Crippen molar-refractivity contribution in [3.05, 3.63) is 54.5 Å². The lowest BCUT2D eigenvalue weighted by atomic mass is 10.1. The highest BCUT2D eigenvalue weighted by Crippen LogP contribution is 2.30. The Morgan fingerprint density at radius 1 is 1.03 bits per heavy atom. The van der Waals surface area contributed by atoms with Crippen molar-refractivity contribution in [1.29, 1.82) is 0 Å². The van der Waals surface area contributed by atoms with Crippen molar-refractivity contribution in [2.75, 3.05) is 36.4 Å². The Hall–Kier alpha value is -3.59. The smallest absolute Gasteiger partial charge is 0.222 e. The summed E-state index contributed by atoms with van der Waals surface area (Å²) < 4.78 is 0. The number of fused-ring (bicyclic) bond motifs is 1. The third-order valence-electron chi connectivity index (χ3n) is 5.73. The van der Waals surface area contributed by atoms with Crippen LogP contribution in [-0.2, 0) is 4.79 Å². The van der Waals surface area contributed by atoms with Gasteiger partial charge in [-0.2, -0.15) is 0 Å². The van der Waals surface area contributed by atoms with Crippen LogP contribution < -0.4 is 10.2 Å². The Balaban J connectivity index is 1.31. The number of hydrogen-bond acceptors (Lipinski definition) is 8. The largest absolute Gasteiger partial charge is 0.368 e. The van der Waals surface area contributed by atoms with E-state index in [9.17, 15) is 4.79 Å². The number of anilines is 3. The van der Waals surface area contributed by atoms with E-state index in [-0.39, 0.29) is 5.91 Å². The highest BCUT2D eigenvalue weighted by Gasteiger charge is 2.20. The van der Waals surface area contributed by atoms with Crippen molar-refractivity contribution < 1.29 is 4.79 Å². The maximum Gasteiger partial charge on any atom is 0.222 e.